The van der Waals surface area contributed by atoms with E-state index in [1.54, 1.807) is 6.08 Å². The molecule has 9 N–H and O–H groups in total. The van der Waals surface area contributed by atoms with Gasteiger partial charge in [0.2, 0.25) is 5.91 Å². The van der Waals surface area contributed by atoms with Crippen molar-refractivity contribution in [1.82, 2.24) is 5.32 Å². The molecule has 2 aliphatic rings. The second-order valence-corrected chi connectivity index (χ2v) is 27.1. The van der Waals surface area contributed by atoms with Crippen LogP contribution in [0, 0.1) is 0 Å². The second-order valence-electron chi connectivity index (χ2n) is 27.1. The molecule has 0 saturated carbocycles. The molecule has 0 radical (unpaired) electrons. The fraction of sp³-hybridized carbons (Fsp3) is 0.747. The molecule has 1 amide bonds. The van der Waals surface area contributed by atoms with Crippen LogP contribution < -0.4 is 5.32 Å². The number of carbonyl (C=O) groups excluding carboxylic acids is 1. The molecule has 2 saturated heterocycles. The Kier molecular flexibility index (Phi) is 60.6. The van der Waals surface area contributed by atoms with E-state index in [0.29, 0.717) is 6.42 Å². The lowest BCUT2D eigenvalue weighted by Crippen LogP contribution is -2.65. The molecule has 2 aliphatic heterocycles. The quantitative estimate of drug-likeness (QED) is 0.0204. The SMILES string of the molecule is CC/C=C\C/C=C\C/C=C\C/C=C\C/C=C\C/C=C\C/C=C\C/C=C\C/C=C\CCCCCCCCCCCCCCCC(=O)NC(COC1OC(CO)C(OC2OC(CO)C(O)C(O)C2O)C(O)C1O)C(O)/C=C/CCCCCCCCCCCCCCCCCCCCCC. The molecule has 0 aromatic heterocycles. The molecule has 0 aromatic carbocycles. The molecule has 558 valence electrons. The molecule has 12 unspecified atom stereocenters. The predicted octanol–water partition coefficient (Wildman–Crippen LogP) is 17.6. The van der Waals surface area contributed by atoms with Crippen molar-refractivity contribution in [3.63, 3.8) is 0 Å². The van der Waals surface area contributed by atoms with Crippen molar-refractivity contribution in [3.05, 3.63) is 122 Å². The zero-order valence-electron chi connectivity index (χ0n) is 61.0. The molecule has 0 bridgehead atoms. The number of rotatable bonds is 64. The van der Waals surface area contributed by atoms with Crippen molar-refractivity contribution in [2.75, 3.05) is 19.8 Å². The van der Waals surface area contributed by atoms with Crippen molar-refractivity contribution >= 4 is 5.91 Å². The van der Waals surface area contributed by atoms with E-state index in [9.17, 15) is 45.6 Å². The standard InChI is InChI=1S/C83H143NO13/c1-3-5-7-9-11-13-15-17-19-21-23-25-27-28-29-30-31-32-33-34-35-36-37-38-39-40-41-42-43-44-45-47-49-51-53-55-57-59-61-63-65-67-75(88)84-71(70-94-82-80(93)78(91)81(74(69-86)96-82)97-83-79(92)77(90)76(89)73(68-85)95-83)72(87)66-64-62-60-58-56-54-52-50-48-46-26-24-22-20-18-16-14-12-10-8-6-4-2/h5,7,11,13,17,19,23,25,28-29,31-32,34-35,37-38,40-41,64,66,71-74,76-83,85-87,89-93H,3-4,6,8-10,12,14-16,18,20-22,24,26-27,30,33,36,39,42-63,65,67-70H2,1-2H3,(H,84,88)/b7-5-,13-11-,19-17-,25-23-,29-28-,32-31-,35-34-,38-37-,41-40-,66-64+. The molecule has 0 spiro atoms. The molecule has 2 fully saturated rings. The van der Waals surface area contributed by atoms with Gasteiger partial charge in [-0.15, -0.1) is 0 Å². The third kappa shape index (κ3) is 48.8. The number of carbonyl (C=O) groups is 1. The zero-order chi connectivity index (χ0) is 70.1. The van der Waals surface area contributed by atoms with E-state index in [2.05, 4.69) is 129 Å². The fourth-order valence-electron chi connectivity index (χ4n) is 12.2. The third-order valence-electron chi connectivity index (χ3n) is 18.4. The van der Waals surface area contributed by atoms with Crippen molar-refractivity contribution < 1.29 is 64.6 Å². The Labute approximate surface area is 590 Å². The number of aliphatic hydroxyl groups excluding tert-OH is 8. The first kappa shape index (κ1) is 89.5. The highest BCUT2D eigenvalue weighted by Crippen LogP contribution is 2.30. The average molecular weight is 1360 g/mol. The van der Waals surface area contributed by atoms with Gasteiger partial charge in [-0.1, -0.05) is 328 Å². The summed E-state index contributed by atoms with van der Waals surface area (Å²) in [5.41, 5.74) is 0. The van der Waals surface area contributed by atoms with Crippen molar-refractivity contribution in [1.29, 1.82) is 0 Å². The van der Waals surface area contributed by atoms with E-state index < -0.39 is 86.8 Å². The fourth-order valence-corrected chi connectivity index (χ4v) is 12.2. The van der Waals surface area contributed by atoms with Gasteiger partial charge in [-0.2, -0.15) is 0 Å². The van der Waals surface area contributed by atoms with Gasteiger partial charge in [0.1, 0.15) is 48.8 Å². The molecule has 97 heavy (non-hydrogen) atoms. The lowest BCUT2D eigenvalue weighted by molar-refractivity contribution is -0.359. The Hall–Kier alpha value is -3.61. The maximum Gasteiger partial charge on any atom is 0.220 e. The minimum Gasteiger partial charge on any atom is -0.394 e. The van der Waals surface area contributed by atoms with Crippen LogP contribution in [0.5, 0.6) is 0 Å². The minimum absolute atomic E-state index is 0.241. The monoisotopic (exact) mass is 1360 g/mol. The number of amides is 1. The van der Waals surface area contributed by atoms with E-state index in [1.807, 2.05) is 6.08 Å². The summed E-state index contributed by atoms with van der Waals surface area (Å²) in [5.74, 6) is -0.241. The Morgan fingerprint density at radius 2 is 0.711 bits per heavy atom. The van der Waals surface area contributed by atoms with Crippen LogP contribution in [0.1, 0.15) is 303 Å². The first-order chi connectivity index (χ1) is 47.6. The lowest BCUT2D eigenvalue weighted by atomic mass is 9.97. The lowest BCUT2D eigenvalue weighted by Gasteiger charge is -2.46. The predicted molar refractivity (Wildman–Crippen MR) is 401 cm³/mol. The van der Waals surface area contributed by atoms with E-state index in [1.165, 1.54) is 173 Å². The minimum atomic E-state index is -1.79. The molecular weight excluding hydrogens is 1220 g/mol. The maximum absolute atomic E-state index is 13.4. The number of allylic oxidation sites excluding steroid dienone is 19. The van der Waals surface area contributed by atoms with Crippen LogP contribution in [0.4, 0.5) is 0 Å². The van der Waals surface area contributed by atoms with Gasteiger partial charge in [0, 0.05) is 6.42 Å². The summed E-state index contributed by atoms with van der Waals surface area (Å²) < 4.78 is 22.9. The van der Waals surface area contributed by atoms with Crippen LogP contribution in [0.2, 0.25) is 0 Å². The summed E-state index contributed by atoms with van der Waals surface area (Å²) in [6.45, 7) is 2.71. The summed E-state index contributed by atoms with van der Waals surface area (Å²) >= 11 is 0. The molecule has 12 atom stereocenters. The van der Waals surface area contributed by atoms with Gasteiger partial charge in [-0.05, 0) is 89.9 Å². The number of aliphatic hydroxyl groups is 8. The number of unbranched alkanes of at least 4 members (excludes halogenated alkanes) is 33. The van der Waals surface area contributed by atoms with Gasteiger partial charge in [0.25, 0.3) is 0 Å². The van der Waals surface area contributed by atoms with Crippen LogP contribution in [-0.4, -0.2) is 140 Å². The summed E-state index contributed by atoms with van der Waals surface area (Å²) in [6.07, 6.45) is 79.7. The molecule has 2 rings (SSSR count). The van der Waals surface area contributed by atoms with Gasteiger partial charge in [-0.3, -0.25) is 4.79 Å². The molecule has 2 heterocycles. The summed E-state index contributed by atoms with van der Waals surface area (Å²) in [5, 5.41) is 87.6. The van der Waals surface area contributed by atoms with E-state index >= 15 is 0 Å². The zero-order valence-corrected chi connectivity index (χ0v) is 61.0. The van der Waals surface area contributed by atoms with Gasteiger partial charge in [-0.25, -0.2) is 0 Å². The Morgan fingerprint density at radius 1 is 0.381 bits per heavy atom. The third-order valence-corrected chi connectivity index (χ3v) is 18.4. The van der Waals surface area contributed by atoms with Crippen molar-refractivity contribution in [3.8, 4) is 0 Å². The normalized spacial score (nSPS) is 22.8. The first-order valence-electron chi connectivity index (χ1n) is 39.3. The van der Waals surface area contributed by atoms with Gasteiger partial charge in [0.05, 0.1) is 32.0 Å². The van der Waals surface area contributed by atoms with Crippen LogP contribution in [0.25, 0.3) is 0 Å². The van der Waals surface area contributed by atoms with E-state index in [4.69, 9.17) is 18.9 Å². The largest absolute Gasteiger partial charge is 0.394 e. The highest BCUT2D eigenvalue weighted by atomic mass is 16.7. The second kappa shape index (κ2) is 65.7. The van der Waals surface area contributed by atoms with Gasteiger partial charge in [0.15, 0.2) is 12.6 Å². The number of nitrogens with one attached hydrogen (secondary N) is 1. The summed E-state index contributed by atoms with van der Waals surface area (Å²) in [6, 6.07) is -0.923. The number of ether oxygens (including phenoxy) is 4. The molecule has 14 nitrogen and oxygen atoms in total. The van der Waals surface area contributed by atoms with Crippen LogP contribution in [0.3, 0.4) is 0 Å². The van der Waals surface area contributed by atoms with Gasteiger partial charge < -0.3 is 65.1 Å². The van der Waals surface area contributed by atoms with Crippen LogP contribution in [-0.2, 0) is 23.7 Å². The molecule has 0 aromatic rings. The van der Waals surface area contributed by atoms with Gasteiger partial charge >= 0.3 is 0 Å². The highest BCUT2D eigenvalue weighted by Gasteiger charge is 2.51. The Balaban J connectivity index is 1.61. The Bertz CT molecular complexity index is 2100. The average Bonchev–Trinajstić information content (AvgIpc) is 0.794. The number of hydrogen-bond acceptors (Lipinski definition) is 13. The molecular formula is C83H143NO13. The maximum atomic E-state index is 13.4. The molecule has 0 aliphatic carbocycles. The van der Waals surface area contributed by atoms with Crippen LogP contribution in [0.15, 0.2) is 122 Å². The number of hydrogen-bond donors (Lipinski definition) is 9. The highest BCUT2D eigenvalue weighted by molar-refractivity contribution is 5.76. The first-order valence-corrected chi connectivity index (χ1v) is 39.3. The van der Waals surface area contributed by atoms with Crippen LogP contribution >= 0.6 is 0 Å². The van der Waals surface area contributed by atoms with E-state index in [-0.39, 0.29) is 18.9 Å². The molecule has 14 heteroatoms. The summed E-state index contributed by atoms with van der Waals surface area (Å²) in [4.78, 5) is 13.4. The Morgan fingerprint density at radius 3 is 1.09 bits per heavy atom. The topological polar surface area (TPSA) is 228 Å². The van der Waals surface area contributed by atoms with Crippen molar-refractivity contribution in [2.24, 2.45) is 0 Å². The smallest absolute Gasteiger partial charge is 0.220 e. The van der Waals surface area contributed by atoms with E-state index in [0.717, 1.165) is 103 Å². The summed E-state index contributed by atoms with van der Waals surface area (Å²) in [7, 11) is 0. The van der Waals surface area contributed by atoms with Crippen molar-refractivity contribution in [2.45, 2.75) is 376 Å².